The second-order valence-electron chi connectivity index (χ2n) is 11.0. The van der Waals surface area contributed by atoms with Gasteiger partial charge < -0.3 is 0 Å². The van der Waals surface area contributed by atoms with E-state index in [0.717, 1.165) is 0 Å². The Morgan fingerprint density at radius 3 is 1.26 bits per heavy atom. The van der Waals surface area contributed by atoms with Crippen molar-refractivity contribution in [2.75, 3.05) is 0 Å². The van der Waals surface area contributed by atoms with Crippen molar-refractivity contribution < 1.29 is 4.57 Å². The molecule has 0 aliphatic rings. The second-order valence-corrected chi connectivity index (χ2v) is 11.0. The Balaban J connectivity index is 1.93. The fraction of sp³-hybridized carbons (Fsp3) is 0.906. The smallest absolute Gasteiger partial charge is 0.237 e. The first-order chi connectivity index (χ1) is 16.8. The van der Waals surface area contributed by atoms with E-state index < -0.39 is 0 Å². The molecule has 0 aliphatic heterocycles. The van der Waals surface area contributed by atoms with E-state index in [2.05, 4.69) is 42.4 Å². The van der Waals surface area contributed by atoms with Gasteiger partial charge in [0.25, 0.3) is 5.82 Å². The highest BCUT2D eigenvalue weighted by Gasteiger charge is 2.13. The topological polar surface area (TPSA) is 8.81 Å². The van der Waals surface area contributed by atoms with Crippen LogP contribution in [0.5, 0.6) is 0 Å². The van der Waals surface area contributed by atoms with Crippen LogP contribution in [0.3, 0.4) is 0 Å². The molecule has 1 heterocycles. The van der Waals surface area contributed by atoms with Crippen LogP contribution in [0.15, 0.2) is 12.4 Å². The van der Waals surface area contributed by atoms with Crippen molar-refractivity contribution in [2.24, 2.45) is 7.05 Å². The molecular formula is C32H63N2+. The number of imidazole rings is 1. The zero-order chi connectivity index (χ0) is 24.5. The van der Waals surface area contributed by atoms with Gasteiger partial charge in [0.1, 0.15) is 12.4 Å². The molecule has 0 radical (unpaired) electrons. The summed E-state index contributed by atoms with van der Waals surface area (Å²) in [4.78, 5) is 0. The van der Waals surface area contributed by atoms with Crippen molar-refractivity contribution in [3.05, 3.63) is 18.2 Å². The average Bonchev–Trinajstić information content (AvgIpc) is 3.19. The fourth-order valence-corrected chi connectivity index (χ4v) is 5.33. The molecule has 34 heavy (non-hydrogen) atoms. The van der Waals surface area contributed by atoms with Gasteiger partial charge in [-0.1, -0.05) is 149 Å². The average molecular weight is 476 g/mol. The fourth-order valence-electron chi connectivity index (χ4n) is 5.33. The molecular weight excluding hydrogens is 412 g/mol. The Morgan fingerprint density at radius 1 is 0.500 bits per heavy atom. The van der Waals surface area contributed by atoms with Gasteiger partial charge in [-0.15, -0.1) is 0 Å². The van der Waals surface area contributed by atoms with Gasteiger partial charge in [0.2, 0.25) is 0 Å². The molecule has 0 unspecified atom stereocenters. The lowest BCUT2D eigenvalue weighted by Crippen LogP contribution is -2.32. The highest BCUT2D eigenvalue weighted by atomic mass is 15.1. The largest absolute Gasteiger partial charge is 0.256 e. The summed E-state index contributed by atoms with van der Waals surface area (Å²) < 4.78 is 4.89. The molecule has 0 spiro atoms. The molecule has 0 aliphatic carbocycles. The van der Waals surface area contributed by atoms with Crippen molar-refractivity contribution in [1.82, 2.24) is 4.57 Å². The van der Waals surface area contributed by atoms with Crippen molar-refractivity contribution in [1.29, 1.82) is 0 Å². The number of aromatic nitrogens is 2. The van der Waals surface area contributed by atoms with E-state index in [9.17, 15) is 0 Å². The van der Waals surface area contributed by atoms with Crippen LogP contribution in [0.2, 0.25) is 0 Å². The Bertz CT molecular complexity index is 533. The van der Waals surface area contributed by atoms with Crippen LogP contribution < -0.4 is 4.57 Å². The number of nitrogens with zero attached hydrogens (tertiary/aromatic N) is 2. The van der Waals surface area contributed by atoms with Gasteiger partial charge in [0.05, 0.1) is 13.6 Å². The van der Waals surface area contributed by atoms with Crippen LogP contribution in [0.25, 0.3) is 0 Å². The van der Waals surface area contributed by atoms with Gasteiger partial charge in [-0.25, -0.2) is 9.13 Å². The van der Waals surface area contributed by atoms with Crippen molar-refractivity contribution in [3.63, 3.8) is 0 Å². The predicted octanol–water partition coefficient (Wildman–Crippen LogP) is 10.3. The Morgan fingerprint density at radius 2 is 0.853 bits per heavy atom. The second kappa shape index (κ2) is 23.9. The maximum atomic E-state index is 2.53. The highest BCUT2D eigenvalue weighted by Crippen LogP contribution is 2.15. The summed E-state index contributed by atoms with van der Waals surface area (Å²) in [6, 6.07) is 0. The number of aryl methyl sites for hydroxylation is 2. The Hall–Kier alpha value is -0.790. The van der Waals surface area contributed by atoms with Gasteiger partial charge in [0, 0.05) is 6.42 Å². The normalized spacial score (nSPS) is 11.5. The third-order valence-electron chi connectivity index (χ3n) is 7.72. The molecule has 0 atom stereocenters. The summed E-state index contributed by atoms with van der Waals surface area (Å²) in [6.07, 6.45) is 40.2. The molecule has 0 N–H and O–H groups in total. The first kappa shape index (κ1) is 31.2. The molecule has 2 nitrogen and oxygen atoms in total. The summed E-state index contributed by atoms with van der Waals surface area (Å²) in [5, 5.41) is 0. The molecule has 0 saturated heterocycles. The van der Waals surface area contributed by atoms with Crippen LogP contribution in [0.1, 0.15) is 174 Å². The molecule has 200 valence electrons. The van der Waals surface area contributed by atoms with Crippen LogP contribution >= 0.6 is 0 Å². The highest BCUT2D eigenvalue weighted by molar-refractivity contribution is 4.84. The maximum Gasteiger partial charge on any atom is 0.256 e. The van der Waals surface area contributed by atoms with Gasteiger partial charge >= 0.3 is 0 Å². The van der Waals surface area contributed by atoms with Crippen molar-refractivity contribution >= 4 is 0 Å². The lowest BCUT2D eigenvalue weighted by atomic mass is 10.0. The third-order valence-corrected chi connectivity index (χ3v) is 7.72. The molecule has 1 aromatic heterocycles. The van der Waals surface area contributed by atoms with Crippen molar-refractivity contribution in [3.8, 4) is 0 Å². The minimum Gasteiger partial charge on any atom is -0.237 e. The predicted molar refractivity (Wildman–Crippen MR) is 151 cm³/mol. The van der Waals surface area contributed by atoms with E-state index in [4.69, 9.17) is 0 Å². The maximum absolute atomic E-state index is 2.53. The SMILES string of the molecule is CCCCCCCCCCCCCCCCCCc1n(CCCCCCCCCC)cc[n+]1C. The van der Waals surface area contributed by atoms with E-state index in [1.54, 1.807) is 0 Å². The monoisotopic (exact) mass is 475 g/mol. The zero-order valence-corrected chi connectivity index (χ0v) is 23.9. The number of rotatable bonds is 26. The standard InChI is InChI=1S/C32H63N2/c1-4-6-8-10-12-14-15-16-17-18-19-20-21-22-24-26-28-32-33(3)30-31-34(32)29-27-25-23-13-11-9-7-5-2/h30-31H,4-29H2,1-3H3/q+1. The van der Waals surface area contributed by atoms with E-state index in [1.807, 2.05) is 0 Å². The molecule has 1 aromatic rings. The summed E-state index contributed by atoms with van der Waals surface area (Å²) in [5.41, 5.74) is 0. The van der Waals surface area contributed by atoms with E-state index in [0.29, 0.717) is 0 Å². The van der Waals surface area contributed by atoms with Gasteiger partial charge in [-0.2, -0.15) is 0 Å². The summed E-state index contributed by atoms with van der Waals surface area (Å²) in [5.74, 6) is 1.54. The van der Waals surface area contributed by atoms with Gasteiger partial charge in [-0.3, -0.25) is 0 Å². The van der Waals surface area contributed by atoms with Gasteiger partial charge in [0.15, 0.2) is 0 Å². The van der Waals surface area contributed by atoms with Gasteiger partial charge in [-0.05, 0) is 19.3 Å². The quantitative estimate of drug-likeness (QED) is 0.0930. The first-order valence-corrected chi connectivity index (χ1v) is 15.8. The van der Waals surface area contributed by atoms with E-state index in [-0.39, 0.29) is 0 Å². The van der Waals surface area contributed by atoms with Crippen LogP contribution in [0.4, 0.5) is 0 Å². The molecule has 2 heteroatoms. The van der Waals surface area contributed by atoms with Crippen LogP contribution in [0, 0.1) is 0 Å². The molecule has 0 saturated carbocycles. The number of hydrogen-bond donors (Lipinski definition) is 0. The minimum absolute atomic E-state index is 1.21. The van der Waals surface area contributed by atoms with E-state index >= 15 is 0 Å². The lowest BCUT2D eigenvalue weighted by molar-refractivity contribution is -0.678. The summed E-state index contributed by atoms with van der Waals surface area (Å²) >= 11 is 0. The molecule has 0 aromatic carbocycles. The van der Waals surface area contributed by atoms with Crippen molar-refractivity contribution in [2.45, 2.75) is 181 Å². The summed E-state index contributed by atoms with van der Waals surface area (Å²) in [7, 11) is 2.23. The lowest BCUT2D eigenvalue weighted by Gasteiger charge is -2.05. The zero-order valence-electron chi connectivity index (χ0n) is 23.9. The Kier molecular flexibility index (Phi) is 22.0. The van der Waals surface area contributed by atoms with E-state index in [1.165, 1.54) is 173 Å². The summed E-state index contributed by atoms with van der Waals surface area (Å²) in [6.45, 7) is 5.82. The molecule has 0 amide bonds. The number of hydrogen-bond acceptors (Lipinski definition) is 0. The molecule has 1 rings (SSSR count). The first-order valence-electron chi connectivity index (χ1n) is 15.8. The minimum atomic E-state index is 1.21. The molecule has 0 bridgehead atoms. The van der Waals surface area contributed by atoms with Crippen LogP contribution in [-0.2, 0) is 20.0 Å². The van der Waals surface area contributed by atoms with Crippen LogP contribution in [-0.4, -0.2) is 4.57 Å². The third kappa shape index (κ3) is 17.6. The number of unbranched alkanes of at least 4 members (excludes halogenated alkanes) is 22. The molecule has 0 fully saturated rings. The Labute approximate surface area is 215 Å².